The summed E-state index contributed by atoms with van der Waals surface area (Å²) in [6, 6.07) is 10.0. The van der Waals surface area contributed by atoms with Crippen LogP contribution in [-0.2, 0) is 0 Å². The summed E-state index contributed by atoms with van der Waals surface area (Å²) in [4.78, 5) is 12.9. The first-order valence-electron chi connectivity index (χ1n) is 5.52. The van der Waals surface area contributed by atoms with Crippen LogP contribution in [0.25, 0.3) is 0 Å². The molecule has 1 aromatic carbocycles. The number of carbonyl (C=O) groups is 1. The molecular weight excluding hydrogens is 248 g/mol. The predicted molar refractivity (Wildman–Crippen MR) is 72.5 cm³/mol. The molecule has 0 unspecified atom stereocenters. The Morgan fingerprint density at radius 3 is 2.83 bits per heavy atom. The van der Waals surface area contributed by atoms with Crippen molar-refractivity contribution in [3.63, 3.8) is 0 Å². The van der Waals surface area contributed by atoms with Gasteiger partial charge in [-0.15, -0.1) is 11.8 Å². The van der Waals surface area contributed by atoms with E-state index in [1.165, 1.54) is 11.1 Å². The van der Waals surface area contributed by atoms with E-state index in [0.717, 1.165) is 5.75 Å². The number of nitrogens with zero attached hydrogens (tertiary/aromatic N) is 1. The number of hydrogen-bond acceptors (Lipinski definition) is 4. The average molecular weight is 262 g/mol. The summed E-state index contributed by atoms with van der Waals surface area (Å²) in [5, 5.41) is 9.06. The Bertz CT molecular complexity index is 512. The Kier molecular flexibility index (Phi) is 4.25. The first kappa shape index (κ1) is 12.5. The van der Waals surface area contributed by atoms with Gasteiger partial charge in [-0.3, -0.25) is 9.89 Å². The van der Waals surface area contributed by atoms with E-state index in [2.05, 4.69) is 15.5 Å². The van der Waals surface area contributed by atoms with E-state index >= 15 is 0 Å². The molecule has 4 N–H and O–H groups in total. The minimum Gasteiger partial charge on any atom is -0.396 e. The molecule has 2 rings (SSSR count). The summed E-state index contributed by atoms with van der Waals surface area (Å²) in [7, 11) is 0. The lowest BCUT2D eigenvalue weighted by molar-refractivity contribution is 0.0952. The third-order valence-electron chi connectivity index (χ3n) is 2.30. The van der Waals surface area contributed by atoms with Gasteiger partial charge in [0.1, 0.15) is 5.69 Å². The number of thioether (sulfide) groups is 1. The van der Waals surface area contributed by atoms with Gasteiger partial charge in [0.25, 0.3) is 5.91 Å². The molecule has 0 aliphatic heterocycles. The zero-order valence-electron chi connectivity index (χ0n) is 9.72. The number of nitrogens with two attached hydrogens (primary N) is 1. The second kappa shape index (κ2) is 6.11. The molecule has 2 aromatic rings. The van der Waals surface area contributed by atoms with Crippen LogP contribution in [0, 0.1) is 0 Å². The van der Waals surface area contributed by atoms with E-state index in [4.69, 9.17) is 5.73 Å². The van der Waals surface area contributed by atoms with Crippen LogP contribution in [0.2, 0.25) is 0 Å². The second-order valence-corrected chi connectivity index (χ2v) is 4.79. The third kappa shape index (κ3) is 3.27. The van der Waals surface area contributed by atoms with Gasteiger partial charge in [0.2, 0.25) is 0 Å². The first-order chi connectivity index (χ1) is 8.77. The molecule has 5 nitrogen and oxygen atoms in total. The molecule has 0 atom stereocenters. The van der Waals surface area contributed by atoms with Crippen LogP contribution in [0.3, 0.4) is 0 Å². The molecule has 0 aliphatic carbocycles. The number of nitrogens with one attached hydrogen (secondary N) is 2. The number of amides is 1. The third-order valence-corrected chi connectivity index (χ3v) is 3.31. The van der Waals surface area contributed by atoms with Gasteiger partial charge in [0.15, 0.2) is 0 Å². The number of aromatic amines is 1. The van der Waals surface area contributed by atoms with Crippen LogP contribution < -0.4 is 11.1 Å². The molecule has 18 heavy (non-hydrogen) atoms. The average Bonchev–Trinajstić information content (AvgIpc) is 2.82. The van der Waals surface area contributed by atoms with Crippen molar-refractivity contribution in [2.45, 2.75) is 4.90 Å². The van der Waals surface area contributed by atoms with Crippen LogP contribution in [0.15, 0.2) is 41.4 Å². The highest BCUT2D eigenvalue weighted by molar-refractivity contribution is 7.99. The fourth-order valence-electron chi connectivity index (χ4n) is 1.42. The van der Waals surface area contributed by atoms with Crippen LogP contribution in [0.1, 0.15) is 10.5 Å². The molecule has 1 aromatic heterocycles. The Balaban J connectivity index is 1.73. The van der Waals surface area contributed by atoms with Gasteiger partial charge in [-0.25, -0.2) is 0 Å². The zero-order valence-corrected chi connectivity index (χ0v) is 10.5. The Labute approximate surface area is 109 Å². The number of aromatic nitrogens is 2. The normalized spacial score (nSPS) is 10.2. The predicted octanol–water partition coefficient (Wildman–Crippen LogP) is 1.51. The summed E-state index contributed by atoms with van der Waals surface area (Å²) in [5.74, 6) is 0.586. The fraction of sp³-hybridized carbons (Fsp3) is 0.167. The minimum atomic E-state index is -0.223. The van der Waals surface area contributed by atoms with Crippen molar-refractivity contribution < 1.29 is 4.79 Å². The SMILES string of the molecule is Nc1cn[nH]c1C(=O)NCCSc1ccccc1. The molecule has 0 fully saturated rings. The standard InChI is InChI=1S/C12H14N4OS/c13-10-8-15-16-11(10)12(17)14-6-7-18-9-4-2-1-3-5-9/h1-5,8H,6-7,13H2,(H,14,17)(H,15,16). The van der Waals surface area contributed by atoms with Crippen molar-refractivity contribution in [1.82, 2.24) is 15.5 Å². The van der Waals surface area contributed by atoms with Crippen LogP contribution >= 0.6 is 11.8 Å². The van der Waals surface area contributed by atoms with Crippen LogP contribution in [0.5, 0.6) is 0 Å². The molecule has 1 heterocycles. The smallest absolute Gasteiger partial charge is 0.271 e. The van der Waals surface area contributed by atoms with E-state index in [1.54, 1.807) is 11.8 Å². The number of benzene rings is 1. The van der Waals surface area contributed by atoms with E-state index in [9.17, 15) is 4.79 Å². The molecule has 0 saturated heterocycles. The molecule has 0 spiro atoms. The second-order valence-electron chi connectivity index (χ2n) is 3.62. The topological polar surface area (TPSA) is 83.8 Å². The maximum absolute atomic E-state index is 11.7. The van der Waals surface area contributed by atoms with Crippen LogP contribution in [0.4, 0.5) is 5.69 Å². The van der Waals surface area contributed by atoms with Crippen molar-refractivity contribution in [2.24, 2.45) is 0 Å². The quantitative estimate of drug-likeness (QED) is 0.563. The van der Waals surface area contributed by atoms with E-state index in [0.29, 0.717) is 17.9 Å². The van der Waals surface area contributed by atoms with Gasteiger partial charge < -0.3 is 11.1 Å². The van der Waals surface area contributed by atoms with Crippen LogP contribution in [-0.4, -0.2) is 28.4 Å². The Morgan fingerprint density at radius 2 is 2.17 bits per heavy atom. The molecule has 1 amide bonds. The van der Waals surface area contributed by atoms with Crippen molar-refractivity contribution in [1.29, 1.82) is 0 Å². The molecule has 0 aliphatic rings. The van der Waals surface area contributed by atoms with Gasteiger partial charge in [0, 0.05) is 17.2 Å². The molecule has 94 valence electrons. The van der Waals surface area contributed by atoms with E-state index in [1.807, 2.05) is 30.3 Å². The molecule has 0 radical (unpaired) electrons. The van der Waals surface area contributed by atoms with Crippen molar-refractivity contribution in [3.05, 3.63) is 42.2 Å². The maximum Gasteiger partial charge on any atom is 0.271 e. The minimum absolute atomic E-state index is 0.223. The van der Waals surface area contributed by atoms with Gasteiger partial charge >= 0.3 is 0 Å². The highest BCUT2D eigenvalue weighted by Crippen LogP contribution is 2.15. The van der Waals surface area contributed by atoms with Gasteiger partial charge in [-0.1, -0.05) is 18.2 Å². The largest absolute Gasteiger partial charge is 0.396 e. The lowest BCUT2D eigenvalue weighted by atomic mass is 10.3. The Hall–Kier alpha value is -1.95. The first-order valence-corrected chi connectivity index (χ1v) is 6.51. The zero-order chi connectivity index (χ0) is 12.8. The van der Waals surface area contributed by atoms with Crippen molar-refractivity contribution >= 4 is 23.4 Å². The summed E-state index contributed by atoms with van der Waals surface area (Å²) >= 11 is 1.69. The number of H-pyrrole nitrogens is 1. The van der Waals surface area contributed by atoms with Crippen molar-refractivity contribution in [2.75, 3.05) is 18.0 Å². The monoisotopic (exact) mass is 262 g/mol. The molecular formula is C12H14N4OS. The van der Waals surface area contributed by atoms with Gasteiger partial charge in [-0.2, -0.15) is 5.10 Å². The molecule has 6 heteroatoms. The van der Waals surface area contributed by atoms with Gasteiger partial charge in [-0.05, 0) is 12.1 Å². The summed E-state index contributed by atoms with van der Waals surface area (Å²) in [6.07, 6.45) is 1.42. The summed E-state index contributed by atoms with van der Waals surface area (Å²) < 4.78 is 0. The number of anilines is 1. The molecule has 0 bridgehead atoms. The lowest BCUT2D eigenvalue weighted by Gasteiger charge is -2.04. The van der Waals surface area contributed by atoms with Gasteiger partial charge in [0.05, 0.1) is 11.9 Å². The van der Waals surface area contributed by atoms with Crippen molar-refractivity contribution in [3.8, 4) is 0 Å². The molecule has 0 saturated carbocycles. The highest BCUT2D eigenvalue weighted by atomic mass is 32.2. The maximum atomic E-state index is 11.7. The van der Waals surface area contributed by atoms with E-state index < -0.39 is 0 Å². The highest BCUT2D eigenvalue weighted by Gasteiger charge is 2.10. The lowest BCUT2D eigenvalue weighted by Crippen LogP contribution is -2.26. The Morgan fingerprint density at radius 1 is 1.39 bits per heavy atom. The van der Waals surface area contributed by atoms with E-state index in [-0.39, 0.29) is 5.91 Å². The number of rotatable bonds is 5. The fourth-order valence-corrected chi connectivity index (χ4v) is 2.21. The summed E-state index contributed by atoms with van der Waals surface area (Å²) in [6.45, 7) is 0.580. The number of carbonyl (C=O) groups excluding carboxylic acids is 1. The summed E-state index contributed by atoms with van der Waals surface area (Å²) in [5.41, 5.74) is 6.26. The number of nitrogen functional groups attached to an aromatic ring is 1. The number of hydrogen-bond donors (Lipinski definition) is 3.